The number of benzene rings is 2. The minimum Gasteiger partial charge on any atom is -0.493 e. The van der Waals surface area contributed by atoms with Crippen molar-refractivity contribution < 1.29 is 22.8 Å². The lowest BCUT2D eigenvalue weighted by Crippen LogP contribution is -2.20. The van der Waals surface area contributed by atoms with Gasteiger partial charge in [0.15, 0.2) is 11.5 Å². The lowest BCUT2D eigenvalue weighted by atomic mass is 10.0. The van der Waals surface area contributed by atoms with Crippen LogP contribution in [0.4, 0.5) is 14.5 Å². The Labute approximate surface area is 160 Å². The molecule has 4 rings (SSSR count). The van der Waals surface area contributed by atoms with Gasteiger partial charge in [0.05, 0.1) is 13.7 Å². The second-order valence-electron chi connectivity index (χ2n) is 6.60. The van der Waals surface area contributed by atoms with Gasteiger partial charge in [0.25, 0.3) is 0 Å². The summed E-state index contributed by atoms with van der Waals surface area (Å²) in [5, 5.41) is 4.01. The molecule has 3 aromatic rings. The number of hydrogen-bond acceptors (Lipinski definition) is 6. The summed E-state index contributed by atoms with van der Waals surface area (Å²) < 4.78 is 39.9. The highest BCUT2D eigenvalue weighted by Crippen LogP contribution is 2.37. The smallest absolute Gasteiger partial charge is 0.387 e. The van der Waals surface area contributed by atoms with E-state index in [1.807, 2.05) is 12.1 Å². The maximum absolute atomic E-state index is 12.5. The Balaban J connectivity index is 1.54. The highest BCUT2D eigenvalue weighted by molar-refractivity contribution is 5.61. The number of rotatable bonds is 6. The quantitative estimate of drug-likeness (QED) is 0.622. The summed E-state index contributed by atoms with van der Waals surface area (Å²) in [5.41, 5.74) is 3.06. The van der Waals surface area contributed by atoms with Crippen molar-refractivity contribution in [1.82, 2.24) is 10.1 Å². The average Bonchev–Trinajstić information content (AvgIpc) is 3.27. The van der Waals surface area contributed by atoms with Crippen molar-refractivity contribution in [3.8, 4) is 22.9 Å². The molecule has 0 amide bonds. The fourth-order valence-electron chi connectivity index (χ4n) is 3.47. The van der Waals surface area contributed by atoms with E-state index < -0.39 is 6.61 Å². The van der Waals surface area contributed by atoms with Crippen molar-refractivity contribution in [2.45, 2.75) is 26.0 Å². The van der Waals surface area contributed by atoms with Crippen molar-refractivity contribution in [2.24, 2.45) is 0 Å². The molecule has 0 spiro atoms. The standard InChI is InChI=1S/C20H19F2N3O3/c1-12-10-25(15-6-4-3-5-14(12)15)11-18-23-19(24-28-18)13-7-8-16(27-20(21)22)17(9-13)26-2/h3-9,12,20H,10-11H2,1-2H3. The summed E-state index contributed by atoms with van der Waals surface area (Å²) in [6, 6.07) is 12.8. The first-order chi connectivity index (χ1) is 13.5. The first-order valence-electron chi connectivity index (χ1n) is 8.85. The molecule has 1 aromatic heterocycles. The number of hydrogen-bond donors (Lipinski definition) is 0. The summed E-state index contributed by atoms with van der Waals surface area (Å²) in [4.78, 5) is 6.65. The topological polar surface area (TPSA) is 60.6 Å². The lowest BCUT2D eigenvalue weighted by Gasteiger charge is -2.16. The van der Waals surface area contributed by atoms with E-state index in [0.29, 0.717) is 29.7 Å². The second-order valence-corrected chi connectivity index (χ2v) is 6.60. The number of anilines is 1. The molecule has 2 heterocycles. The number of ether oxygens (including phenoxy) is 2. The second kappa shape index (κ2) is 7.46. The molecule has 0 aliphatic carbocycles. The predicted molar refractivity (Wildman–Crippen MR) is 98.8 cm³/mol. The van der Waals surface area contributed by atoms with E-state index in [2.05, 4.69) is 38.8 Å². The van der Waals surface area contributed by atoms with Gasteiger partial charge in [0.2, 0.25) is 11.7 Å². The van der Waals surface area contributed by atoms with Gasteiger partial charge in [-0.25, -0.2) is 0 Å². The monoisotopic (exact) mass is 387 g/mol. The summed E-state index contributed by atoms with van der Waals surface area (Å²) in [6.45, 7) is 0.637. The van der Waals surface area contributed by atoms with Gasteiger partial charge < -0.3 is 18.9 Å². The molecule has 0 bridgehead atoms. The van der Waals surface area contributed by atoms with Crippen LogP contribution in [0.3, 0.4) is 0 Å². The Bertz CT molecular complexity index is 977. The Kier molecular flexibility index (Phi) is 4.85. The van der Waals surface area contributed by atoms with Crippen LogP contribution in [-0.2, 0) is 6.54 Å². The fourth-order valence-corrected chi connectivity index (χ4v) is 3.47. The van der Waals surface area contributed by atoms with Crippen molar-refractivity contribution in [3.63, 3.8) is 0 Å². The van der Waals surface area contributed by atoms with Crippen molar-refractivity contribution in [2.75, 3.05) is 18.6 Å². The molecule has 0 N–H and O–H groups in total. The number of fused-ring (bicyclic) bond motifs is 1. The summed E-state index contributed by atoms with van der Waals surface area (Å²) in [7, 11) is 1.38. The van der Waals surface area contributed by atoms with Crippen LogP contribution in [0, 0.1) is 0 Å². The Morgan fingerprint density at radius 3 is 2.82 bits per heavy atom. The van der Waals surface area contributed by atoms with Gasteiger partial charge in [-0.2, -0.15) is 13.8 Å². The Morgan fingerprint density at radius 1 is 1.21 bits per heavy atom. The normalized spacial score (nSPS) is 15.8. The van der Waals surface area contributed by atoms with Gasteiger partial charge in [0.1, 0.15) is 0 Å². The Morgan fingerprint density at radius 2 is 2.04 bits per heavy atom. The number of alkyl halides is 2. The van der Waals surface area contributed by atoms with Crippen LogP contribution >= 0.6 is 0 Å². The van der Waals surface area contributed by atoms with Gasteiger partial charge in [-0.1, -0.05) is 30.3 Å². The third kappa shape index (κ3) is 3.49. The molecular formula is C20H19F2N3O3. The zero-order valence-corrected chi connectivity index (χ0v) is 15.4. The van der Waals surface area contributed by atoms with Crippen LogP contribution < -0.4 is 14.4 Å². The minimum atomic E-state index is -2.93. The van der Waals surface area contributed by atoms with Gasteiger partial charge in [-0.3, -0.25) is 0 Å². The molecular weight excluding hydrogens is 368 g/mol. The highest BCUT2D eigenvalue weighted by atomic mass is 19.3. The molecule has 1 unspecified atom stereocenters. The molecule has 146 valence electrons. The SMILES string of the molecule is COc1cc(-c2noc(CN3CC(C)c4ccccc43)n2)ccc1OC(F)F. The van der Waals surface area contributed by atoms with Gasteiger partial charge in [-0.15, -0.1) is 0 Å². The minimum absolute atomic E-state index is 0.0485. The number of aromatic nitrogens is 2. The van der Waals surface area contributed by atoms with E-state index in [1.54, 1.807) is 12.1 Å². The molecule has 6 nitrogen and oxygen atoms in total. The maximum Gasteiger partial charge on any atom is 0.387 e. The molecule has 2 aromatic carbocycles. The van der Waals surface area contributed by atoms with Crippen LogP contribution in [-0.4, -0.2) is 30.4 Å². The number of nitrogens with zero attached hydrogens (tertiary/aromatic N) is 3. The molecule has 8 heteroatoms. The summed E-state index contributed by atoms with van der Waals surface area (Å²) in [6.07, 6.45) is 0. The number of halogens is 2. The molecule has 1 aliphatic heterocycles. The third-order valence-corrected chi connectivity index (χ3v) is 4.73. The third-order valence-electron chi connectivity index (χ3n) is 4.73. The molecule has 0 saturated carbocycles. The number of para-hydroxylation sites is 1. The predicted octanol–water partition coefficient (Wildman–Crippen LogP) is 4.47. The van der Waals surface area contributed by atoms with Gasteiger partial charge in [0, 0.05) is 23.7 Å². The molecule has 1 atom stereocenters. The number of methoxy groups -OCH3 is 1. The average molecular weight is 387 g/mol. The molecule has 0 fully saturated rings. The first-order valence-corrected chi connectivity index (χ1v) is 8.85. The van der Waals surface area contributed by atoms with E-state index in [9.17, 15) is 8.78 Å². The zero-order valence-electron chi connectivity index (χ0n) is 15.4. The van der Waals surface area contributed by atoms with Crippen molar-refractivity contribution in [1.29, 1.82) is 0 Å². The molecule has 28 heavy (non-hydrogen) atoms. The van der Waals surface area contributed by atoms with Crippen molar-refractivity contribution >= 4 is 5.69 Å². The lowest BCUT2D eigenvalue weighted by molar-refractivity contribution is -0.0512. The van der Waals surface area contributed by atoms with Gasteiger partial charge in [-0.05, 0) is 29.8 Å². The van der Waals surface area contributed by atoms with Crippen LogP contribution in [0.5, 0.6) is 11.5 Å². The fraction of sp³-hybridized carbons (Fsp3) is 0.300. The maximum atomic E-state index is 12.5. The van der Waals surface area contributed by atoms with E-state index >= 15 is 0 Å². The zero-order chi connectivity index (χ0) is 19.7. The highest BCUT2D eigenvalue weighted by Gasteiger charge is 2.26. The van der Waals surface area contributed by atoms with E-state index in [4.69, 9.17) is 9.26 Å². The van der Waals surface area contributed by atoms with E-state index in [-0.39, 0.29) is 11.5 Å². The Hall–Kier alpha value is -3.16. The summed E-state index contributed by atoms with van der Waals surface area (Å²) >= 11 is 0. The summed E-state index contributed by atoms with van der Waals surface area (Å²) in [5.74, 6) is 1.40. The van der Waals surface area contributed by atoms with E-state index in [0.717, 1.165) is 6.54 Å². The van der Waals surface area contributed by atoms with Crippen LogP contribution in [0.15, 0.2) is 47.0 Å². The first kappa shape index (κ1) is 18.2. The van der Waals surface area contributed by atoms with Crippen LogP contribution in [0.25, 0.3) is 11.4 Å². The van der Waals surface area contributed by atoms with Crippen LogP contribution in [0.2, 0.25) is 0 Å². The molecule has 0 saturated heterocycles. The van der Waals surface area contributed by atoms with Gasteiger partial charge >= 0.3 is 6.61 Å². The van der Waals surface area contributed by atoms with Crippen molar-refractivity contribution in [3.05, 3.63) is 53.9 Å². The molecule has 1 aliphatic rings. The largest absolute Gasteiger partial charge is 0.493 e. The van der Waals surface area contributed by atoms with E-state index in [1.165, 1.54) is 24.4 Å². The molecule has 0 radical (unpaired) electrons. The van der Waals surface area contributed by atoms with Crippen LogP contribution in [0.1, 0.15) is 24.3 Å².